The third kappa shape index (κ3) is 5.52. The lowest BCUT2D eigenvalue weighted by Crippen LogP contribution is -2.25. The van der Waals surface area contributed by atoms with Crippen molar-refractivity contribution in [2.75, 3.05) is 26.7 Å². The van der Waals surface area contributed by atoms with Crippen molar-refractivity contribution in [1.82, 2.24) is 9.47 Å². The molecule has 0 aliphatic heterocycles. The highest BCUT2D eigenvalue weighted by molar-refractivity contribution is 5.86. The molecule has 0 aliphatic carbocycles. The van der Waals surface area contributed by atoms with E-state index in [-0.39, 0.29) is 12.4 Å². The van der Waals surface area contributed by atoms with Gasteiger partial charge in [0.15, 0.2) is 0 Å². The van der Waals surface area contributed by atoms with Gasteiger partial charge in [-0.2, -0.15) is 0 Å². The van der Waals surface area contributed by atoms with Gasteiger partial charge in [0.1, 0.15) is 5.75 Å². The lowest BCUT2D eigenvalue weighted by atomic mass is 10.1. The summed E-state index contributed by atoms with van der Waals surface area (Å²) >= 11 is 0. The fourth-order valence-corrected chi connectivity index (χ4v) is 3.78. The van der Waals surface area contributed by atoms with Gasteiger partial charge in [-0.3, -0.25) is 0 Å². The predicted octanol–water partition coefficient (Wildman–Crippen LogP) is 5.59. The summed E-state index contributed by atoms with van der Waals surface area (Å²) in [4.78, 5) is 2.48. The average Bonchev–Trinajstić information content (AvgIpc) is 3.06. The Kier molecular flexibility index (Phi) is 8.88. The second-order valence-corrected chi connectivity index (χ2v) is 7.10. The van der Waals surface area contributed by atoms with Gasteiger partial charge < -0.3 is 14.2 Å². The van der Waals surface area contributed by atoms with Crippen molar-refractivity contribution < 1.29 is 4.74 Å². The number of hydrogen-bond acceptors (Lipinski definition) is 2. The number of benzene rings is 2. The monoisotopic (exact) mass is 400 g/mol. The van der Waals surface area contributed by atoms with Gasteiger partial charge in [-0.15, -0.1) is 12.4 Å². The number of rotatable bonds is 10. The fraction of sp³-hybridized carbons (Fsp3) is 0.417. The Morgan fingerprint density at radius 2 is 1.71 bits per heavy atom. The van der Waals surface area contributed by atoms with Gasteiger partial charge in [0, 0.05) is 30.2 Å². The number of aryl methyl sites for hydroxylation is 2. The van der Waals surface area contributed by atoms with Gasteiger partial charge in [0.05, 0.1) is 7.11 Å². The van der Waals surface area contributed by atoms with Crippen molar-refractivity contribution in [1.29, 1.82) is 0 Å². The van der Waals surface area contributed by atoms with Crippen LogP contribution in [0.25, 0.3) is 10.9 Å². The first kappa shape index (κ1) is 22.3. The summed E-state index contributed by atoms with van der Waals surface area (Å²) in [5.74, 6) is 0.939. The zero-order valence-corrected chi connectivity index (χ0v) is 18.2. The lowest BCUT2D eigenvalue weighted by molar-refractivity contribution is 0.308. The summed E-state index contributed by atoms with van der Waals surface area (Å²) in [7, 11) is 1.74. The van der Waals surface area contributed by atoms with Crippen LogP contribution in [0.2, 0.25) is 0 Å². The standard InChI is InChI=1S/C24H32N2O.ClH/c1-4-25(5-2)17-15-21-19-26(16-9-12-20-10-7-6-8-11-20)24-14-13-22(27-3)18-23(21)24;/h6-8,10-11,13-14,18-19H,4-5,9,12,15-17H2,1-3H3;1H. The maximum atomic E-state index is 5.47. The fourth-order valence-electron chi connectivity index (χ4n) is 3.78. The van der Waals surface area contributed by atoms with E-state index in [2.05, 4.69) is 78.0 Å². The number of methoxy groups -OCH3 is 1. The quantitative estimate of drug-likeness (QED) is 0.441. The SMILES string of the molecule is CCN(CC)CCc1cn(CCCc2ccccc2)c2ccc(OC)cc12.Cl. The summed E-state index contributed by atoms with van der Waals surface area (Å²) in [6.45, 7) is 8.83. The van der Waals surface area contributed by atoms with E-state index in [0.29, 0.717) is 0 Å². The maximum absolute atomic E-state index is 5.47. The van der Waals surface area contributed by atoms with Gasteiger partial charge in [-0.05, 0) is 61.7 Å². The molecule has 0 saturated heterocycles. The van der Waals surface area contributed by atoms with Gasteiger partial charge in [0.2, 0.25) is 0 Å². The van der Waals surface area contributed by atoms with E-state index in [1.54, 1.807) is 7.11 Å². The van der Waals surface area contributed by atoms with Crippen molar-refractivity contribution in [3.05, 3.63) is 65.9 Å². The molecule has 1 heterocycles. The first-order chi connectivity index (χ1) is 13.2. The summed E-state index contributed by atoms with van der Waals surface area (Å²) in [6, 6.07) is 17.2. The number of nitrogens with zero attached hydrogens (tertiary/aromatic N) is 2. The molecule has 0 unspecified atom stereocenters. The molecule has 0 N–H and O–H groups in total. The highest BCUT2D eigenvalue weighted by Gasteiger charge is 2.11. The molecule has 0 spiro atoms. The minimum absolute atomic E-state index is 0. The first-order valence-electron chi connectivity index (χ1n) is 10.2. The number of halogens is 1. The van der Waals surface area contributed by atoms with Gasteiger partial charge in [0.25, 0.3) is 0 Å². The molecule has 3 rings (SSSR count). The molecule has 0 amide bonds. The van der Waals surface area contributed by atoms with Crippen molar-refractivity contribution >= 4 is 23.3 Å². The molecule has 3 nitrogen and oxygen atoms in total. The molecular formula is C24H33ClN2O. The summed E-state index contributed by atoms with van der Waals surface area (Å²) in [5, 5.41) is 1.33. The van der Waals surface area contributed by atoms with E-state index in [9.17, 15) is 0 Å². The molecule has 0 bridgehead atoms. The predicted molar refractivity (Wildman–Crippen MR) is 122 cm³/mol. The van der Waals surface area contributed by atoms with Crippen LogP contribution in [0.15, 0.2) is 54.7 Å². The molecule has 152 valence electrons. The van der Waals surface area contributed by atoms with Crippen LogP contribution in [0.4, 0.5) is 0 Å². The highest BCUT2D eigenvalue weighted by atomic mass is 35.5. The first-order valence-corrected chi connectivity index (χ1v) is 10.2. The van der Waals surface area contributed by atoms with Crippen LogP contribution < -0.4 is 4.74 Å². The van der Waals surface area contributed by atoms with Crippen LogP contribution in [0.1, 0.15) is 31.4 Å². The van der Waals surface area contributed by atoms with Crippen molar-refractivity contribution in [2.24, 2.45) is 0 Å². The van der Waals surface area contributed by atoms with E-state index >= 15 is 0 Å². The summed E-state index contributed by atoms with van der Waals surface area (Å²) in [5.41, 5.74) is 4.16. The van der Waals surface area contributed by atoms with E-state index in [1.807, 2.05) is 0 Å². The number of hydrogen-bond donors (Lipinski definition) is 0. The Labute approximate surface area is 175 Å². The van der Waals surface area contributed by atoms with Crippen LogP contribution in [-0.4, -0.2) is 36.2 Å². The molecule has 0 radical (unpaired) electrons. The van der Waals surface area contributed by atoms with E-state index in [0.717, 1.165) is 51.2 Å². The second-order valence-electron chi connectivity index (χ2n) is 7.10. The smallest absolute Gasteiger partial charge is 0.119 e. The minimum Gasteiger partial charge on any atom is -0.497 e. The molecule has 0 fully saturated rings. The van der Waals surface area contributed by atoms with Crippen LogP contribution in [-0.2, 0) is 19.4 Å². The Morgan fingerprint density at radius 1 is 0.964 bits per heavy atom. The highest BCUT2D eigenvalue weighted by Crippen LogP contribution is 2.27. The zero-order valence-electron chi connectivity index (χ0n) is 17.4. The van der Waals surface area contributed by atoms with E-state index < -0.39 is 0 Å². The molecule has 4 heteroatoms. The van der Waals surface area contributed by atoms with Crippen LogP contribution in [0.3, 0.4) is 0 Å². The molecule has 0 aliphatic rings. The van der Waals surface area contributed by atoms with Crippen LogP contribution >= 0.6 is 12.4 Å². The molecule has 2 aromatic carbocycles. The van der Waals surface area contributed by atoms with Gasteiger partial charge >= 0.3 is 0 Å². The number of aromatic nitrogens is 1. The maximum Gasteiger partial charge on any atom is 0.119 e. The Balaban J connectivity index is 0.00000280. The molecule has 1 aromatic heterocycles. The minimum atomic E-state index is 0. The van der Waals surface area contributed by atoms with Crippen molar-refractivity contribution in [2.45, 2.75) is 39.7 Å². The topological polar surface area (TPSA) is 17.4 Å². The third-order valence-corrected chi connectivity index (χ3v) is 5.47. The lowest BCUT2D eigenvalue weighted by Gasteiger charge is -2.17. The second kappa shape index (κ2) is 11.1. The molecule has 0 saturated carbocycles. The summed E-state index contributed by atoms with van der Waals surface area (Å²) < 4.78 is 7.90. The average molecular weight is 401 g/mol. The molecular weight excluding hydrogens is 368 g/mol. The Hall–Kier alpha value is -1.97. The largest absolute Gasteiger partial charge is 0.497 e. The Morgan fingerprint density at radius 3 is 2.39 bits per heavy atom. The molecule has 3 aromatic rings. The van der Waals surface area contributed by atoms with Gasteiger partial charge in [-0.1, -0.05) is 44.2 Å². The number of fused-ring (bicyclic) bond motifs is 1. The zero-order chi connectivity index (χ0) is 19.1. The molecule has 28 heavy (non-hydrogen) atoms. The summed E-state index contributed by atoms with van der Waals surface area (Å²) in [6.07, 6.45) is 5.70. The van der Waals surface area contributed by atoms with Gasteiger partial charge in [-0.25, -0.2) is 0 Å². The van der Waals surface area contributed by atoms with E-state index in [4.69, 9.17) is 4.74 Å². The third-order valence-electron chi connectivity index (χ3n) is 5.47. The van der Waals surface area contributed by atoms with Crippen molar-refractivity contribution in [3.8, 4) is 5.75 Å². The number of ether oxygens (including phenoxy) is 1. The molecule has 0 atom stereocenters. The Bertz CT molecular complexity index is 840. The van der Waals surface area contributed by atoms with Crippen molar-refractivity contribution in [3.63, 3.8) is 0 Å². The van der Waals surface area contributed by atoms with Crippen LogP contribution in [0.5, 0.6) is 5.75 Å². The number of likely N-dealkylation sites (N-methyl/N-ethyl adjacent to an activating group) is 1. The van der Waals surface area contributed by atoms with Crippen LogP contribution in [0, 0.1) is 0 Å². The van der Waals surface area contributed by atoms with E-state index in [1.165, 1.54) is 22.0 Å². The normalized spacial score (nSPS) is 11.0.